The van der Waals surface area contributed by atoms with Gasteiger partial charge in [-0.3, -0.25) is 4.90 Å². The summed E-state index contributed by atoms with van der Waals surface area (Å²) in [6.07, 6.45) is 1.12. The van der Waals surface area contributed by atoms with Gasteiger partial charge in [0.15, 0.2) is 0 Å². The fraction of sp³-hybridized carbons (Fsp3) is 0.158. The lowest BCUT2D eigenvalue weighted by molar-refractivity contribution is -0.134. The molecule has 0 radical (unpaired) electrons. The van der Waals surface area contributed by atoms with Crippen LogP contribution in [0.25, 0.3) is 0 Å². The van der Waals surface area contributed by atoms with Crippen LogP contribution < -0.4 is 0 Å². The van der Waals surface area contributed by atoms with Gasteiger partial charge < -0.3 is 10.2 Å². The number of rotatable bonds is 6. The molecule has 2 aromatic rings. The number of nitrogens with zero attached hydrogens (tertiary/aromatic N) is 1. The molecule has 2 N–H and O–H groups in total. The molecule has 0 atom stereocenters. The third-order valence-electron chi connectivity index (χ3n) is 2.96. The molecule has 0 bridgehead atoms. The van der Waals surface area contributed by atoms with Gasteiger partial charge in [-0.15, -0.1) is 0 Å². The lowest BCUT2D eigenvalue weighted by Crippen LogP contribution is -2.16. The first-order valence-corrected chi connectivity index (χ1v) is 7.37. The van der Waals surface area contributed by atoms with Crippen molar-refractivity contribution in [2.24, 2.45) is 0 Å². The second-order valence-electron chi connectivity index (χ2n) is 5.15. The summed E-state index contributed by atoms with van der Waals surface area (Å²) >= 11 is 0. The highest BCUT2D eigenvalue weighted by Crippen LogP contribution is 2.07. The van der Waals surface area contributed by atoms with E-state index in [-0.39, 0.29) is 0 Å². The van der Waals surface area contributed by atoms with Gasteiger partial charge in [-0.1, -0.05) is 60.7 Å². The van der Waals surface area contributed by atoms with Crippen molar-refractivity contribution in [3.8, 4) is 0 Å². The minimum absolute atomic E-state index is 0.558. The van der Waals surface area contributed by atoms with Crippen molar-refractivity contribution in [3.63, 3.8) is 0 Å². The zero-order valence-electron chi connectivity index (χ0n) is 13.5. The molecule has 0 saturated carbocycles. The Kier molecular flexibility index (Phi) is 8.57. The second-order valence-corrected chi connectivity index (χ2v) is 5.15. The quantitative estimate of drug-likeness (QED) is 0.798. The predicted octanol–water partition coefficient (Wildman–Crippen LogP) is 3.03. The zero-order valence-corrected chi connectivity index (χ0v) is 13.5. The van der Waals surface area contributed by atoms with E-state index < -0.39 is 11.9 Å². The van der Waals surface area contributed by atoms with Crippen LogP contribution in [0.3, 0.4) is 0 Å². The van der Waals surface area contributed by atoms with Crippen molar-refractivity contribution in [1.29, 1.82) is 0 Å². The number of hydrogen-bond donors (Lipinski definition) is 2. The molecule has 0 unspecified atom stereocenters. The SMILES string of the molecule is CN(Cc1ccccc1)Cc1ccccc1.O=C(O)/C=C\C(=O)O. The molecule has 0 amide bonds. The van der Waals surface area contributed by atoms with Crippen molar-refractivity contribution in [3.05, 3.63) is 83.9 Å². The number of carboxylic acids is 2. The topological polar surface area (TPSA) is 77.8 Å². The molecule has 0 fully saturated rings. The van der Waals surface area contributed by atoms with Gasteiger partial charge in [0.1, 0.15) is 0 Å². The molecular weight excluding hydrogens is 306 g/mol. The van der Waals surface area contributed by atoms with Crippen LogP contribution in [0.2, 0.25) is 0 Å². The second kappa shape index (κ2) is 10.7. The maximum atomic E-state index is 9.55. The normalized spacial score (nSPS) is 10.2. The first-order chi connectivity index (χ1) is 11.5. The smallest absolute Gasteiger partial charge is 0.328 e. The van der Waals surface area contributed by atoms with E-state index in [9.17, 15) is 9.59 Å². The van der Waals surface area contributed by atoms with E-state index >= 15 is 0 Å². The molecule has 24 heavy (non-hydrogen) atoms. The Morgan fingerprint density at radius 2 is 1.12 bits per heavy atom. The van der Waals surface area contributed by atoms with Gasteiger partial charge >= 0.3 is 11.9 Å². The first-order valence-electron chi connectivity index (χ1n) is 7.37. The summed E-state index contributed by atoms with van der Waals surface area (Å²) in [5, 5.41) is 15.6. The lowest BCUT2D eigenvalue weighted by atomic mass is 10.2. The lowest BCUT2D eigenvalue weighted by Gasteiger charge is -2.16. The van der Waals surface area contributed by atoms with Gasteiger partial charge in [0.2, 0.25) is 0 Å². The first kappa shape index (κ1) is 19.1. The van der Waals surface area contributed by atoms with Crippen molar-refractivity contribution in [2.45, 2.75) is 13.1 Å². The average Bonchev–Trinajstić information content (AvgIpc) is 2.55. The number of hydrogen-bond acceptors (Lipinski definition) is 3. The van der Waals surface area contributed by atoms with E-state index in [0.29, 0.717) is 12.2 Å². The summed E-state index contributed by atoms with van der Waals surface area (Å²) in [6.45, 7) is 1.99. The third-order valence-corrected chi connectivity index (χ3v) is 2.96. The summed E-state index contributed by atoms with van der Waals surface area (Å²) in [5.41, 5.74) is 2.72. The average molecular weight is 327 g/mol. The fourth-order valence-electron chi connectivity index (χ4n) is 1.99. The molecule has 0 aliphatic rings. The molecule has 0 aliphatic heterocycles. The number of benzene rings is 2. The Morgan fingerprint density at radius 3 is 1.42 bits per heavy atom. The van der Waals surface area contributed by atoms with Crippen LogP contribution in [0, 0.1) is 0 Å². The number of carboxylic acid groups (broad SMARTS) is 2. The highest BCUT2D eigenvalue weighted by molar-refractivity contribution is 5.89. The predicted molar refractivity (Wildman–Crippen MR) is 92.5 cm³/mol. The molecule has 5 nitrogen and oxygen atoms in total. The molecule has 0 aromatic heterocycles. The van der Waals surface area contributed by atoms with Crippen LogP contribution in [-0.2, 0) is 22.7 Å². The van der Waals surface area contributed by atoms with Crippen LogP contribution in [0.15, 0.2) is 72.8 Å². The molecule has 0 aliphatic carbocycles. The van der Waals surface area contributed by atoms with E-state index in [1.54, 1.807) is 0 Å². The monoisotopic (exact) mass is 327 g/mol. The fourth-order valence-corrected chi connectivity index (χ4v) is 1.99. The molecule has 0 spiro atoms. The molecule has 2 aromatic carbocycles. The molecule has 0 heterocycles. The maximum Gasteiger partial charge on any atom is 0.328 e. The summed E-state index contributed by atoms with van der Waals surface area (Å²) in [6, 6.07) is 21.1. The van der Waals surface area contributed by atoms with Crippen molar-refractivity contribution < 1.29 is 19.8 Å². The van der Waals surface area contributed by atoms with Crippen LogP contribution in [0.4, 0.5) is 0 Å². The van der Waals surface area contributed by atoms with Crippen LogP contribution in [-0.4, -0.2) is 34.1 Å². The summed E-state index contributed by atoms with van der Waals surface area (Å²) < 4.78 is 0. The van der Waals surface area contributed by atoms with Crippen molar-refractivity contribution >= 4 is 11.9 Å². The highest BCUT2D eigenvalue weighted by atomic mass is 16.4. The van der Waals surface area contributed by atoms with E-state index in [2.05, 4.69) is 72.6 Å². The Morgan fingerprint density at radius 1 is 0.792 bits per heavy atom. The summed E-state index contributed by atoms with van der Waals surface area (Å²) in [7, 11) is 2.15. The van der Waals surface area contributed by atoms with Crippen molar-refractivity contribution in [1.82, 2.24) is 4.90 Å². The van der Waals surface area contributed by atoms with Crippen LogP contribution in [0.1, 0.15) is 11.1 Å². The largest absolute Gasteiger partial charge is 0.478 e. The molecule has 0 saturated heterocycles. The zero-order chi connectivity index (χ0) is 17.8. The molecule has 2 rings (SSSR count). The maximum absolute atomic E-state index is 9.55. The van der Waals surface area contributed by atoms with Gasteiger partial charge in [-0.2, -0.15) is 0 Å². The van der Waals surface area contributed by atoms with Crippen LogP contribution >= 0.6 is 0 Å². The van der Waals surface area contributed by atoms with E-state index in [1.807, 2.05) is 0 Å². The third kappa shape index (κ3) is 9.17. The van der Waals surface area contributed by atoms with E-state index in [0.717, 1.165) is 13.1 Å². The van der Waals surface area contributed by atoms with Gasteiger partial charge in [-0.25, -0.2) is 9.59 Å². The Bertz CT molecular complexity index is 596. The number of carbonyl (C=O) groups is 2. The summed E-state index contributed by atoms with van der Waals surface area (Å²) in [5.74, 6) is -2.51. The van der Waals surface area contributed by atoms with Crippen molar-refractivity contribution in [2.75, 3.05) is 7.05 Å². The Balaban J connectivity index is 0.000000307. The summed E-state index contributed by atoms with van der Waals surface area (Å²) in [4.78, 5) is 21.4. The Labute approximate surface area is 141 Å². The molecule has 126 valence electrons. The van der Waals surface area contributed by atoms with E-state index in [4.69, 9.17) is 10.2 Å². The van der Waals surface area contributed by atoms with Gasteiger partial charge in [0.05, 0.1) is 0 Å². The van der Waals surface area contributed by atoms with Gasteiger partial charge in [0, 0.05) is 25.2 Å². The minimum atomic E-state index is -1.26. The Hall–Kier alpha value is -2.92. The van der Waals surface area contributed by atoms with Gasteiger partial charge in [-0.05, 0) is 18.2 Å². The standard InChI is InChI=1S/C15H17N.C4H4O4/c1-16(12-14-8-4-2-5-9-14)13-15-10-6-3-7-11-15;5-3(6)1-2-4(7)8/h2-11H,12-13H2,1H3;1-2H,(H,5,6)(H,7,8)/b;2-1-. The highest BCUT2D eigenvalue weighted by Gasteiger charge is 2.00. The number of aliphatic carboxylic acids is 2. The van der Waals surface area contributed by atoms with Crippen LogP contribution in [0.5, 0.6) is 0 Å². The van der Waals surface area contributed by atoms with E-state index in [1.165, 1.54) is 11.1 Å². The molecular formula is C19H21NO4. The van der Waals surface area contributed by atoms with Gasteiger partial charge in [0.25, 0.3) is 0 Å². The molecule has 5 heteroatoms. The minimum Gasteiger partial charge on any atom is -0.478 e.